The van der Waals surface area contributed by atoms with E-state index in [0.717, 1.165) is 0 Å². The average Bonchev–Trinajstić information content (AvgIpc) is 3.77. The largest absolute Gasteiger partial charge is 0.508 e. The molecule has 0 aliphatic carbocycles. The maximum Gasteiger partial charge on any atom is 0.245 e. The van der Waals surface area contributed by atoms with E-state index in [-0.39, 0.29) is 68.2 Å². The molecular weight excluding hydrogens is 907 g/mol. The fourth-order valence-corrected chi connectivity index (χ4v) is 8.50. The van der Waals surface area contributed by atoms with E-state index in [0.29, 0.717) is 18.4 Å². The van der Waals surface area contributed by atoms with Crippen LogP contribution >= 0.6 is 11.8 Å². The minimum Gasteiger partial charge on any atom is -0.508 e. The quantitative estimate of drug-likeness (QED) is 0.0753. The van der Waals surface area contributed by atoms with Crippen molar-refractivity contribution in [3.63, 3.8) is 0 Å². The van der Waals surface area contributed by atoms with Crippen molar-refractivity contribution in [2.24, 2.45) is 29.0 Å². The summed E-state index contributed by atoms with van der Waals surface area (Å²) in [6.45, 7) is 6.70. The lowest BCUT2D eigenvalue weighted by atomic mass is 9.96. The number of carbonyl (C=O) groups is 11. The monoisotopic (exact) mass is 973 g/mol. The standard InChI is InChI=1S/C44H67N11O12S/c1-5-24(4)37-43(66)50-27(12-13-33(45)57)39(62)52-31(21-34(46)58)40(63)51-28(14-17-68-18-15-36(60)49-30(41(64)54-37)20-25-8-10-26(56)11-9-25)44(67)55-16-6-7-32(55)42(65)53-29(19-23(2)3)38(61)48-22-35(47)59/h8-11,23-24,27-32,37,56H,5-7,12-22H2,1-4H3,(H2,45,57)(H2,46,58)(H2,47,59)(H,48,61)(H,49,60)(H,50,66)(H,51,63)(H,52,62)(H,53,65)(H,54,64)/t24-,27-,28-,29-,30-,31-,32-,37?/m0/s1. The summed E-state index contributed by atoms with van der Waals surface area (Å²) < 4.78 is 0. The number of phenolic OH excluding ortho intramolecular Hbond substituents is 1. The molecule has 2 aliphatic rings. The molecule has 0 bridgehead atoms. The number of amides is 11. The Balaban J connectivity index is 2.02. The molecule has 2 aliphatic heterocycles. The van der Waals surface area contributed by atoms with Gasteiger partial charge in [0, 0.05) is 31.6 Å². The van der Waals surface area contributed by atoms with E-state index in [2.05, 4.69) is 37.2 Å². The average molecular weight is 974 g/mol. The van der Waals surface area contributed by atoms with Gasteiger partial charge in [-0.25, -0.2) is 0 Å². The van der Waals surface area contributed by atoms with E-state index in [1.54, 1.807) is 26.0 Å². The van der Waals surface area contributed by atoms with Gasteiger partial charge in [-0.2, -0.15) is 11.8 Å². The second-order valence-corrected chi connectivity index (χ2v) is 18.7. The first-order valence-corrected chi connectivity index (χ1v) is 23.8. The molecule has 2 heterocycles. The first kappa shape index (κ1) is 55.9. The van der Waals surface area contributed by atoms with Gasteiger partial charge in [0.15, 0.2) is 0 Å². The number of nitrogens with zero attached hydrogens (tertiary/aromatic N) is 1. The molecule has 1 unspecified atom stereocenters. The third kappa shape index (κ3) is 18.3. The summed E-state index contributed by atoms with van der Waals surface area (Å²) in [7, 11) is 0. The fraction of sp³-hybridized carbons (Fsp3) is 0.614. The number of likely N-dealkylation sites (tertiary alicyclic amines) is 1. The number of hydrogen-bond donors (Lipinski definition) is 11. The zero-order valence-electron chi connectivity index (χ0n) is 38.9. The number of primary amides is 3. The van der Waals surface area contributed by atoms with Crippen molar-refractivity contribution in [3.05, 3.63) is 29.8 Å². The van der Waals surface area contributed by atoms with Crippen LogP contribution in [-0.4, -0.2) is 142 Å². The second kappa shape index (κ2) is 27.4. The molecule has 3 rings (SSSR count). The smallest absolute Gasteiger partial charge is 0.245 e. The predicted molar refractivity (Wildman–Crippen MR) is 248 cm³/mol. The van der Waals surface area contributed by atoms with Gasteiger partial charge in [-0.15, -0.1) is 0 Å². The molecule has 23 nitrogen and oxygen atoms in total. The summed E-state index contributed by atoms with van der Waals surface area (Å²) in [4.78, 5) is 148. The summed E-state index contributed by atoms with van der Waals surface area (Å²) in [5.41, 5.74) is 16.7. The van der Waals surface area contributed by atoms with Crippen LogP contribution in [0.3, 0.4) is 0 Å². The number of thioether (sulfide) groups is 1. The lowest BCUT2D eigenvalue weighted by Crippen LogP contribution is -2.61. The number of nitrogens with one attached hydrogen (secondary N) is 7. The number of aromatic hydroxyl groups is 1. The van der Waals surface area contributed by atoms with Gasteiger partial charge in [0.25, 0.3) is 0 Å². The van der Waals surface area contributed by atoms with Crippen LogP contribution in [0, 0.1) is 11.8 Å². The van der Waals surface area contributed by atoms with Gasteiger partial charge in [0.2, 0.25) is 65.0 Å². The van der Waals surface area contributed by atoms with Crippen LogP contribution in [0.5, 0.6) is 5.75 Å². The Morgan fingerprint density at radius 2 is 1.44 bits per heavy atom. The Labute approximate surface area is 399 Å². The topological polar surface area (TPSA) is 374 Å². The van der Waals surface area contributed by atoms with Crippen LogP contribution in [0.4, 0.5) is 0 Å². The molecule has 0 spiro atoms. The lowest BCUT2D eigenvalue weighted by Gasteiger charge is -2.31. The zero-order valence-corrected chi connectivity index (χ0v) is 39.7. The second-order valence-electron chi connectivity index (χ2n) is 17.4. The molecule has 376 valence electrons. The minimum atomic E-state index is -1.72. The van der Waals surface area contributed by atoms with Gasteiger partial charge in [0.1, 0.15) is 48.0 Å². The summed E-state index contributed by atoms with van der Waals surface area (Å²) in [6.07, 6.45) is -0.651. The van der Waals surface area contributed by atoms with Crippen molar-refractivity contribution in [2.75, 3.05) is 24.6 Å². The van der Waals surface area contributed by atoms with Crippen LogP contribution < -0.4 is 54.4 Å². The summed E-state index contributed by atoms with van der Waals surface area (Å²) in [5.74, 6) is -9.14. The van der Waals surface area contributed by atoms with Gasteiger partial charge in [-0.05, 0) is 67.4 Å². The molecule has 1 aromatic carbocycles. The van der Waals surface area contributed by atoms with Gasteiger partial charge in [-0.3, -0.25) is 52.7 Å². The van der Waals surface area contributed by atoms with Crippen molar-refractivity contribution in [1.82, 2.24) is 42.1 Å². The van der Waals surface area contributed by atoms with Crippen molar-refractivity contribution >= 4 is 76.7 Å². The molecule has 0 aromatic heterocycles. The molecule has 2 fully saturated rings. The molecule has 68 heavy (non-hydrogen) atoms. The van der Waals surface area contributed by atoms with Crippen molar-refractivity contribution in [2.45, 2.75) is 134 Å². The third-order valence-corrected chi connectivity index (χ3v) is 12.4. The van der Waals surface area contributed by atoms with E-state index in [4.69, 9.17) is 17.2 Å². The van der Waals surface area contributed by atoms with E-state index in [9.17, 15) is 57.8 Å². The predicted octanol–water partition coefficient (Wildman–Crippen LogP) is -2.80. The zero-order chi connectivity index (χ0) is 50.7. The molecular formula is C44H67N11O12S. The highest BCUT2D eigenvalue weighted by molar-refractivity contribution is 7.99. The van der Waals surface area contributed by atoms with Crippen LogP contribution in [0.15, 0.2) is 24.3 Å². The molecule has 0 saturated carbocycles. The Kier molecular flexibility index (Phi) is 22.5. The van der Waals surface area contributed by atoms with Gasteiger partial charge in [-0.1, -0.05) is 46.2 Å². The number of rotatable bonds is 17. The molecule has 8 atom stereocenters. The number of hydrogen-bond acceptors (Lipinski definition) is 13. The minimum absolute atomic E-state index is 0.0232. The van der Waals surface area contributed by atoms with Crippen LogP contribution in [-0.2, 0) is 59.2 Å². The molecule has 1 aromatic rings. The summed E-state index contributed by atoms with van der Waals surface area (Å²) >= 11 is 1.23. The maximum atomic E-state index is 14.5. The number of carbonyl (C=O) groups excluding carboxylic acids is 11. The third-order valence-electron chi connectivity index (χ3n) is 11.4. The van der Waals surface area contributed by atoms with Gasteiger partial charge in [0.05, 0.1) is 13.0 Å². The van der Waals surface area contributed by atoms with Gasteiger partial charge >= 0.3 is 0 Å². The lowest BCUT2D eigenvalue weighted by molar-refractivity contribution is -0.142. The Morgan fingerprint density at radius 3 is 2.06 bits per heavy atom. The van der Waals surface area contributed by atoms with Crippen molar-refractivity contribution in [3.8, 4) is 5.75 Å². The first-order valence-electron chi connectivity index (χ1n) is 22.7. The highest BCUT2D eigenvalue weighted by atomic mass is 32.2. The number of nitrogens with two attached hydrogens (primary N) is 3. The fourth-order valence-electron chi connectivity index (χ4n) is 7.57. The molecule has 2 saturated heterocycles. The highest BCUT2D eigenvalue weighted by Crippen LogP contribution is 2.22. The van der Waals surface area contributed by atoms with E-state index >= 15 is 0 Å². The van der Waals surface area contributed by atoms with Crippen LogP contribution in [0.1, 0.15) is 91.0 Å². The molecule has 11 amide bonds. The SMILES string of the molecule is CC[C@H](C)C1NC(=O)[C@H](Cc2ccc(O)cc2)NC(=O)CCSCC[C@@H](C(=O)N2CCC[C@H]2C(=O)N[C@@H](CC(C)C)C(=O)NCC(N)=O)NC(=O)[C@H](CC(N)=O)NC(=O)[C@H](CCC(N)=O)NC1=O. The van der Waals surface area contributed by atoms with Crippen LogP contribution in [0.25, 0.3) is 0 Å². The van der Waals surface area contributed by atoms with E-state index < -0.39 is 133 Å². The maximum absolute atomic E-state index is 14.5. The Hall–Kier alpha value is -6.46. The van der Waals surface area contributed by atoms with Crippen molar-refractivity contribution in [1.29, 1.82) is 0 Å². The highest BCUT2D eigenvalue weighted by Gasteiger charge is 2.40. The van der Waals surface area contributed by atoms with Gasteiger partial charge < -0.3 is 64.4 Å². The molecule has 0 radical (unpaired) electrons. The van der Waals surface area contributed by atoms with Crippen LogP contribution in [0.2, 0.25) is 0 Å². The number of benzene rings is 1. The van der Waals surface area contributed by atoms with Crippen molar-refractivity contribution < 1.29 is 57.8 Å². The number of phenols is 1. The summed E-state index contributed by atoms with van der Waals surface area (Å²) in [6, 6.07) is -3.35. The van der Waals surface area contributed by atoms with E-state index in [1.165, 1.54) is 28.8 Å². The Bertz CT molecular complexity index is 2010. The molecule has 14 N–H and O–H groups in total. The molecule has 24 heteroatoms. The van der Waals surface area contributed by atoms with E-state index in [1.807, 2.05) is 13.8 Å². The first-order chi connectivity index (χ1) is 32.1. The normalized spacial score (nSPS) is 23.4. The summed E-state index contributed by atoms with van der Waals surface area (Å²) in [5, 5.41) is 27.9. The Morgan fingerprint density at radius 1 is 0.794 bits per heavy atom.